The summed E-state index contributed by atoms with van der Waals surface area (Å²) in [6.45, 7) is 32.3. The van der Waals surface area contributed by atoms with Gasteiger partial charge in [-0.15, -0.1) is 0 Å². The molecule has 0 fully saturated rings. The number of hydrogen-bond donors (Lipinski definition) is 11. The van der Waals surface area contributed by atoms with Crippen LogP contribution in [0.15, 0.2) is 152 Å². The maximum Gasteiger partial charge on any atom is 0.408 e. The molecular formula is C94H148Cl2N10O28S6. The molecule has 5 rings (SSSR count). The SMILES string of the molecule is CC(C)(CNC(=O)[C@@H](N)Cc1ccccc1)COS(=O)(=O)CCCS(=O)(=O)OCC(C)(C)CNC(=O)[C@@H](N)Cc1ccccc1.CC(C)(CNC(=O)[C@H](Cc1ccccc1)NC(=O)OC(C)(C)C)COS(=O)(=O)CCCS(=O)(=O)OCC(C)(C)CNC(=O)[C@H](Cc1ccccc1)NC(=O)OC(C)(C)C.CC(C)(CO)CNC(=O)[C@H](Cc1ccccc1)NC(=O)OC(C)(C)C.O=S(=O)(Cl)CCCS(=O)(=O)Cl. The number of carbonyl (C=O) groups excluding carboxylic acids is 8. The lowest BCUT2D eigenvalue weighted by Crippen LogP contribution is -2.51. The molecule has 0 saturated carbocycles. The zero-order valence-electron chi connectivity index (χ0n) is 83.6. The van der Waals surface area contributed by atoms with Crippen LogP contribution in [0.1, 0.15) is 179 Å². The second-order valence-electron chi connectivity index (χ2n) is 40.5. The fourth-order valence-corrected chi connectivity index (χ4v) is 18.1. The van der Waals surface area contributed by atoms with Crippen LogP contribution in [0.3, 0.4) is 0 Å². The Labute approximate surface area is 837 Å². The molecule has 8 amide bonds. The lowest BCUT2D eigenvalue weighted by molar-refractivity contribution is -0.124. The summed E-state index contributed by atoms with van der Waals surface area (Å²) in [6, 6.07) is 42.1. The van der Waals surface area contributed by atoms with Crippen LogP contribution in [-0.4, -0.2) is 251 Å². The fourth-order valence-electron chi connectivity index (χ4n) is 11.4. The van der Waals surface area contributed by atoms with E-state index >= 15 is 0 Å². The maximum absolute atomic E-state index is 13.2. The number of carbonyl (C=O) groups is 8. The van der Waals surface area contributed by atoms with Crippen molar-refractivity contribution in [1.82, 2.24) is 42.5 Å². The molecule has 0 aromatic heterocycles. The molecule has 0 aliphatic rings. The Morgan fingerprint density at radius 1 is 0.293 bits per heavy atom. The number of nitrogens with two attached hydrogens (primary N) is 2. The molecule has 0 aliphatic carbocycles. The number of rotatable bonds is 53. The van der Waals surface area contributed by atoms with Crippen LogP contribution in [0.4, 0.5) is 14.4 Å². The highest BCUT2D eigenvalue weighted by Crippen LogP contribution is 2.24. The van der Waals surface area contributed by atoms with Gasteiger partial charge in [-0.05, 0) is 122 Å². The first kappa shape index (κ1) is 127. The third-order valence-electron chi connectivity index (χ3n) is 19.1. The molecule has 0 aliphatic heterocycles. The van der Waals surface area contributed by atoms with Gasteiger partial charge in [0.25, 0.3) is 40.5 Å². The van der Waals surface area contributed by atoms with Crippen molar-refractivity contribution < 1.29 is 125 Å². The summed E-state index contributed by atoms with van der Waals surface area (Å²) in [5, 5.41) is 30.9. The molecular weight excluding hydrogens is 1980 g/mol. The first-order valence-corrected chi connectivity index (χ1v) is 56.4. The number of nitrogens with one attached hydrogen (secondary N) is 8. The van der Waals surface area contributed by atoms with Gasteiger partial charge in [0.05, 0.1) is 73.0 Å². The smallest absolute Gasteiger partial charge is 0.408 e. The lowest BCUT2D eigenvalue weighted by Gasteiger charge is -2.27. The largest absolute Gasteiger partial charge is 0.444 e. The third kappa shape index (κ3) is 63.3. The third-order valence-corrected chi connectivity index (χ3v) is 26.7. The minimum atomic E-state index is -4.17. The fraction of sp³-hybridized carbons (Fsp3) is 0.596. The van der Waals surface area contributed by atoms with Gasteiger partial charge in [-0.25, -0.2) is 31.2 Å². The van der Waals surface area contributed by atoms with E-state index in [9.17, 15) is 94.0 Å². The zero-order chi connectivity index (χ0) is 107. The van der Waals surface area contributed by atoms with Crippen molar-refractivity contribution in [3.63, 3.8) is 0 Å². The van der Waals surface area contributed by atoms with Gasteiger partial charge in [0.15, 0.2) is 0 Å². The predicted molar refractivity (Wildman–Crippen MR) is 539 cm³/mol. The average molecular weight is 2130 g/mol. The number of amides is 8. The molecule has 46 heteroatoms. The number of alkyl carbamates (subject to hydrolysis) is 3. The van der Waals surface area contributed by atoms with Crippen molar-refractivity contribution in [2.24, 2.45) is 38.5 Å². The van der Waals surface area contributed by atoms with Crippen LogP contribution < -0.4 is 54.0 Å². The molecule has 0 spiro atoms. The average Bonchev–Trinajstić information content (AvgIpc) is 0.880. The van der Waals surface area contributed by atoms with Crippen molar-refractivity contribution in [3.05, 3.63) is 179 Å². The first-order valence-electron chi connectivity index (χ1n) is 45.2. The molecule has 13 N–H and O–H groups in total. The normalized spacial score (nSPS) is 13.7. The van der Waals surface area contributed by atoms with Crippen LogP contribution in [0.25, 0.3) is 0 Å². The molecule has 792 valence electrons. The zero-order valence-corrected chi connectivity index (χ0v) is 90.0. The minimum Gasteiger partial charge on any atom is -0.444 e. The molecule has 5 atom stereocenters. The minimum absolute atomic E-state index is 0.00492. The Bertz CT molecular complexity index is 5130. The van der Waals surface area contributed by atoms with Crippen LogP contribution in [-0.2, 0) is 146 Å². The first-order chi connectivity index (χ1) is 64.2. The van der Waals surface area contributed by atoms with Gasteiger partial charge in [0, 0.05) is 107 Å². The summed E-state index contributed by atoms with van der Waals surface area (Å²) in [7, 11) is -14.0. The van der Waals surface area contributed by atoms with Crippen LogP contribution in [0, 0.1) is 27.1 Å². The van der Waals surface area contributed by atoms with Gasteiger partial charge in [-0.2, -0.15) is 33.7 Å². The summed E-state index contributed by atoms with van der Waals surface area (Å²) in [6.07, 6.45) is -1.33. The van der Waals surface area contributed by atoms with E-state index in [1.807, 2.05) is 166 Å². The topological polar surface area (TPSA) is 575 Å². The van der Waals surface area contributed by atoms with Crippen molar-refractivity contribution in [3.8, 4) is 0 Å². The summed E-state index contributed by atoms with van der Waals surface area (Å²) in [5.74, 6) is -5.07. The maximum atomic E-state index is 13.2. The standard InChI is InChI=1S/C41H64N4O12S2.C31H48N4O8S2.C19H30N2O4.C3H6Cl2O4S2/c1-38(2,3)56-36(48)44-32(24-30-18-13-11-14-19-30)34(46)42-26-40(7,8)28-54-58(50,51)22-17-23-59(52,53)55-29-41(9,10)27-43-35(47)33(25-31-20-15-12-16-21-31)45-37(49)57-39(4,5)6;1-30(2,20-34-28(36)26(32)18-24-12-7-5-8-13-24)22-42-44(38,39)16-11-17-45(40,41)43-23-31(3,4)21-35-29(37)27(33)19-25-14-9-6-10-15-25;1-18(2,3)25-17(24)21-15(11-14-9-7-6-8-10-14)16(23)20-12-19(4,5)13-22;4-10(6,7)2-1-3-11(5,8)9/h11-16,18-21,32-33H,17,22-29H2,1-10H3,(H,42,46)(H,43,47)(H,44,48)(H,45,49);5-10,12-15,26-27H,11,16-23,32-33H2,1-4H3,(H,34,36)(H,35,37);6-10,15,22H,11-13H2,1-5H3,(H,20,23)(H,21,24);1-3H2/t32-,33-;26-,27-;15-;/m000./s1. The van der Waals surface area contributed by atoms with Crippen LogP contribution >= 0.6 is 21.4 Å². The van der Waals surface area contributed by atoms with E-state index in [0.717, 1.165) is 27.8 Å². The van der Waals surface area contributed by atoms with Gasteiger partial charge < -0.3 is 73.3 Å². The van der Waals surface area contributed by atoms with E-state index in [-0.39, 0.29) is 121 Å². The van der Waals surface area contributed by atoms with E-state index in [1.165, 1.54) is 0 Å². The van der Waals surface area contributed by atoms with Gasteiger partial charge in [0.2, 0.25) is 47.6 Å². The number of hydrogen-bond acceptors (Lipinski definition) is 30. The summed E-state index contributed by atoms with van der Waals surface area (Å²) >= 11 is 0. The number of aliphatic hydroxyl groups excluding tert-OH is 1. The predicted octanol–water partition coefficient (Wildman–Crippen LogP) is 8.89. The highest BCUT2D eigenvalue weighted by atomic mass is 35.7. The Hall–Kier alpha value is -8.74. The summed E-state index contributed by atoms with van der Waals surface area (Å²) in [4.78, 5) is 101. The number of aliphatic hydroxyl groups is 1. The van der Waals surface area contributed by atoms with Gasteiger partial charge in [0.1, 0.15) is 34.9 Å². The molecule has 0 saturated heterocycles. The Kier molecular flexibility index (Phi) is 53.0. The van der Waals surface area contributed by atoms with Gasteiger partial charge in [-0.3, -0.25) is 40.7 Å². The van der Waals surface area contributed by atoms with Crippen molar-refractivity contribution in [2.75, 3.05) is 100 Å². The van der Waals surface area contributed by atoms with E-state index in [0.29, 0.717) is 25.8 Å². The van der Waals surface area contributed by atoms with Gasteiger partial charge in [-0.1, -0.05) is 221 Å². The Balaban J connectivity index is 0.000000714. The van der Waals surface area contributed by atoms with E-state index in [4.69, 9.17) is 63.8 Å². The van der Waals surface area contributed by atoms with E-state index in [1.54, 1.807) is 118 Å². The molecule has 0 heterocycles. The molecule has 0 bridgehead atoms. The second-order valence-corrected chi connectivity index (χ2v) is 53.3. The Morgan fingerprint density at radius 2 is 0.479 bits per heavy atom. The van der Waals surface area contributed by atoms with Crippen molar-refractivity contribution in [1.29, 1.82) is 0 Å². The molecule has 0 unspecified atom stereocenters. The number of benzene rings is 5. The number of ether oxygens (including phenoxy) is 3. The highest BCUT2D eigenvalue weighted by Gasteiger charge is 2.35. The Morgan fingerprint density at radius 3 is 0.671 bits per heavy atom. The summed E-state index contributed by atoms with van der Waals surface area (Å²) in [5.41, 5.74) is 10.5. The van der Waals surface area contributed by atoms with Crippen LogP contribution in [0.2, 0.25) is 0 Å². The monoisotopic (exact) mass is 2130 g/mol. The molecule has 5 aromatic rings. The molecule has 0 radical (unpaired) electrons. The quantitative estimate of drug-likeness (QED) is 0.00982. The van der Waals surface area contributed by atoms with E-state index < -0.39 is 186 Å². The highest BCUT2D eigenvalue weighted by molar-refractivity contribution is 8.14. The lowest BCUT2D eigenvalue weighted by atomic mass is 9.94. The molecule has 38 nitrogen and oxygen atoms in total. The molecule has 140 heavy (non-hydrogen) atoms. The number of halogens is 2. The van der Waals surface area contributed by atoms with Crippen LogP contribution in [0.5, 0.6) is 0 Å². The van der Waals surface area contributed by atoms with Crippen molar-refractivity contribution >= 4 is 128 Å². The van der Waals surface area contributed by atoms with Crippen molar-refractivity contribution in [2.45, 2.75) is 230 Å². The van der Waals surface area contributed by atoms with Gasteiger partial charge >= 0.3 is 18.3 Å². The van der Waals surface area contributed by atoms with E-state index in [2.05, 4.69) is 42.5 Å². The second kappa shape index (κ2) is 58.3. The molecule has 5 aromatic carbocycles. The summed E-state index contributed by atoms with van der Waals surface area (Å²) < 4.78 is 178.